The Morgan fingerprint density at radius 1 is 1.07 bits per heavy atom. The molecule has 74 valence electrons. The minimum atomic E-state index is 1.11. The van der Waals surface area contributed by atoms with Crippen molar-refractivity contribution in [2.24, 2.45) is 0 Å². The minimum Gasteiger partial charge on any atom is -0.0763 e. The van der Waals surface area contributed by atoms with Gasteiger partial charge in [-0.05, 0) is 46.4 Å². The predicted octanol–water partition coefficient (Wildman–Crippen LogP) is 4.19. The Morgan fingerprint density at radius 3 is 2.53 bits per heavy atom. The van der Waals surface area contributed by atoms with Gasteiger partial charge in [-0.2, -0.15) is 0 Å². The quantitative estimate of drug-likeness (QED) is 0.638. The molecule has 0 aliphatic heterocycles. The highest BCUT2D eigenvalue weighted by Crippen LogP contribution is 2.32. The first-order valence-corrected chi connectivity index (χ1v) is 5.59. The van der Waals surface area contributed by atoms with Crippen molar-refractivity contribution in [3.63, 3.8) is 0 Å². The van der Waals surface area contributed by atoms with E-state index in [0.29, 0.717) is 0 Å². The van der Waals surface area contributed by atoms with Crippen molar-refractivity contribution in [3.8, 4) is 0 Å². The Bertz CT molecular complexity index is 547. The number of rotatable bonds is 1. The van der Waals surface area contributed by atoms with Gasteiger partial charge in [-0.25, -0.2) is 0 Å². The molecule has 0 unspecified atom stereocenters. The molecule has 0 aromatic heterocycles. The van der Waals surface area contributed by atoms with Crippen LogP contribution in [0.15, 0.2) is 42.5 Å². The van der Waals surface area contributed by atoms with E-state index in [9.17, 15) is 0 Å². The summed E-state index contributed by atoms with van der Waals surface area (Å²) < 4.78 is 0. The Morgan fingerprint density at radius 2 is 1.80 bits per heavy atom. The zero-order valence-electron chi connectivity index (χ0n) is 8.96. The molecule has 0 fully saturated rings. The van der Waals surface area contributed by atoms with Gasteiger partial charge in [0.05, 0.1) is 0 Å². The molecule has 0 heterocycles. The van der Waals surface area contributed by atoms with Gasteiger partial charge in [-0.1, -0.05) is 43.3 Å². The van der Waals surface area contributed by atoms with E-state index < -0.39 is 0 Å². The van der Waals surface area contributed by atoms with Gasteiger partial charge in [0.2, 0.25) is 0 Å². The highest BCUT2D eigenvalue weighted by atomic mass is 14.2. The Kier molecular flexibility index (Phi) is 1.88. The third-order valence-electron chi connectivity index (χ3n) is 3.27. The van der Waals surface area contributed by atoms with E-state index in [0.717, 1.165) is 12.8 Å². The van der Waals surface area contributed by atoms with E-state index in [1.54, 1.807) is 0 Å². The van der Waals surface area contributed by atoms with Crippen molar-refractivity contribution in [2.75, 3.05) is 0 Å². The van der Waals surface area contributed by atoms with Crippen LogP contribution in [0.4, 0.5) is 0 Å². The molecule has 1 aliphatic carbocycles. The molecule has 3 rings (SSSR count). The molecule has 0 N–H and O–H groups in total. The van der Waals surface area contributed by atoms with Crippen molar-refractivity contribution in [1.82, 2.24) is 0 Å². The fourth-order valence-corrected chi connectivity index (χ4v) is 2.43. The third-order valence-corrected chi connectivity index (χ3v) is 3.27. The van der Waals surface area contributed by atoms with Crippen LogP contribution in [-0.4, -0.2) is 0 Å². The molecule has 2 aromatic rings. The number of hydrogen-bond acceptors (Lipinski definition) is 0. The SMILES string of the molecule is CCC1=CCc2cc3ccccc3cc21. The molecule has 0 saturated carbocycles. The maximum Gasteiger partial charge on any atom is -0.00851 e. The fraction of sp³-hybridized carbons (Fsp3) is 0.200. The van der Waals surface area contributed by atoms with Gasteiger partial charge >= 0.3 is 0 Å². The molecular formula is C15H14. The lowest BCUT2D eigenvalue weighted by Crippen LogP contribution is -1.85. The summed E-state index contributed by atoms with van der Waals surface area (Å²) in [6.45, 7) is 2.23. The molecule has 0 atom stereocenters. The number of allylic oxidation sites excluding steroid dienone is 2. The first-order valence-electron chi connectivity index (χ1n) is 5.59. The molecule has 0 amide bonds. The van der Waals surface area contributed by atoms with Gasteiger partial charge in [-0.15, -0.1) is 0 Å². The van der Waals surface area contributed by atoms with Crippen molar-refractivity contribution in [2.45, 2.75) is 19.8 Å². The first-order chi connectivity index (χ1) is 7.38. The van der Waals surface area contributed by atoms with Gasteiger partial charge < -0.3 is 0 Å². The average molecular weight is 194 g/mol. The van der Waals surface area contributed by atoms with Crippen molar-refractivity contribution < 1.29 is 0 Å². The van der Waals surface area contributed by atoms with Gasteiger partial charge in [0.1, 0.15) is 0 Å². The van der Waals surface area contributed by atoms with Crippen LogP contribution >= 0.6 is 0 Å². The maximum absolute atomic E-state index is 2.36. The summed E-state index contributed by atoms with van der Waals surface area (Å²) >= 11 is 0. The number of hydrogen-bond donors (Lipinski definition) is 0. The van der Waals surface area contributed by atoms with Gasteiger partial charge in [0, 0.05) is 0 Å². The fourth-order valence-electron chi connectivity index (χ4n) is 2.43. The number of benzene rings is 2. The van der Waals surface area contributed by atoms with Crippen LogP contribution < -0.4 is 0 Å². The molecule has 0 saturated heterocycles. The van der Waals surface area contributed by atoms with E-state index in [2.05, 4.69) is 49.4 Å². The largest absolute Gasteiger partial charge is 0.0763 e. The van der Waals surface area contributed by atoms with Crippen LogP contribution in [0.1, 0.15) is 24.5 Å². The monoisotopic (exact) mass is 194 g/mol. The Hall–Kier alpha value is -1.56. The highest BCUT2D eigenvalue weighted by Gasteiger charge is 2.12. The van der Waals surface area contributed by atoms with Crippen LogP contribution in [0, 0.1) is 0 Å². The molecular weight excluding hydrogens is 180 g/mol. The van der Waals surface area contributed by atoms with Crippen molar-refractivity contribution in [3.05, 3.63) is 53.6 Å². The van der Waals surface area contributed by atoms with Crippen molar-refractivity contribution >= 4 is 16.3 Å². The zero-order chi connectivity index (χ0) is 10.3. The molecule has 0 bridgehead atoms. The molecule has 0 nitrogen and oxygen atoms in total. The second-order valence-corrected chi connectivity index (χ2v) is 4.14. The average Bonchev–Trinajstić information content (AvgIpc) is 2.68. The molecule has 0 heteroatoms. The maximum atomic E-state index is 2.36. The van der Waals surface area contributed by atoms with Gasteiger partial charge in [0.25, 0.3) is 0 Å². The van der Waals surface area contributed by atoms with E-state index in [1.165, 1.54) is 27.5 Å². The molecule has 0 spiro atoms. The smallest absolute Gasteiger partial charge is 0.00851 e. The van der Waals surface area contributed by atoms with Crippen molar-refractivity contribution in [1.29, 1.82) is 0 Å². The van der Waals surface area contributed by atoms with Gasteiger partial charge in [-0.3, -0.25) is 0 Å². The topological polar surface area (TPSA) is 0 Å². The highest BCUT2D eigenvalue weighted by molar-refractivity contribution is 5.89. The molecule has 2 aromatic carbocycles. The van der Waals surface area contributed by atoms with E-state index >= 15 is 0 Å². The second kappa shape index (κ2) is 3.23. The molecule has 15 heavy (non-hydrogen) atoms. The summed E-state index contributed by atoms with van der Waals surface area (Å²) in [6, 6.07) is 13.3. The van der Waals surface area contributed by atoms with E-state index in [-0.39, 0.29) is 0 Å². The predicted molar refractivity (Wildman–Crippen MR) is 65.9 cm³/mol. The Balaban J connectivity index is 2.27. The second-order valence-electron chi connectivity index (χ2n) is 4.14. The number of fused-ring (bicyclic) bond motifs is 2. The van der Waals surface area contributed by atoms with Crippen LogP contribution in [0.3, 0.4) is 0 Å². The van der Waals surface area contributed by atoms with Crippen LogP contribution in [0.2, 0.25) is 0 Å². The third kappa shape index (κ3) is 1.29. The van der Waals surface area contributed by atoms with E-state index in [1.807, 2.05) is 0 Å². The zero-order valence-corrected chi connectivity index (χ0v) is 8.96. The summed E-state index contributed by atoms with van der Waals surface area (Å²) in [7, 11) is 0. The van der Waals surface area contributed by atoms with E-state index in [4.69, 9.17) is 0 Å². The minimum absolute atomic E-state index is 1.11. The summed E-state index contributed by atoms with van der Waals surface area (Å²) in [5, 5.41) is 2.72. The molecule has 1 aliphatic rings. The normalized spacial score (nSPS) is 14.1. The molecule has 0 radical (unpaired) electrons. The first kappa shape index (κ1) is 8.72. The summed E-state index contributed by atoms with van der Waals surface area (Å²) in [5.41, 5.74) is 4.47. The van der Waals surface area contributed by atoms with Crippen LogP contribution in [-0.2, 0) is 6.42 Å². The standard InChI is InChI=1S/C15H14/c1-2-11-7-8-14-9-12-5-3-4-6-13(12)10-15(11)14/h3-7,9-10H,2,8H2,1H3. The lowest BCUT2D eigenvalue weighted by molar-refractivity contribution is 1.25. The summed E-state index contributed by atoms with van der Waals surface area (Å²) in [5.74, 6) is 0. The Labute approximate surface area is 90.2 Å². The summed E-state index contributed by atoms with van der Waals surface area (Å²) in [6.07, 6.45) is 4.62. The van der Waals surface area contributed by atoms with Crippen LogP contribution in [0.5, 0.6) is 0 Å². The van der Waals surface area contributed by atoms with Gasteiger partial charge in [0.15, 0.2) is 0 Å². The summed E-state index contributed by atoms with van der Waals surface area (Å²) in [4.78, 5) is 0. The lowest BCUT2D eigenvalue weighted by atomic mass is 9.99. The van der Waals surface area contributed by atoms with Crippen LogP contribution in [0.25, 0.3) is 16.3 Å². The lowest BCUT2D eigenvalue weighted by Gasteiger charge is -2.06.